The highest BCUT2D eigenvalue weighted by molar-refractivity contribution is 5.87. The van der Waals surface area contributed by atoms with Gasteiger partial charge in [0.2, 0.25) is 0 Å². The Balaban J connectivity index is 1.33. The van der Waals surface area contributed by atoms with E-state index in [1.165, 1.54) is 44.6 Å². The van der Waals surface area contributed by atoms with Gasteiger partial charge >= 0.3 is 11.9 Å². The molecule has 0 amide bonds. The Kier molecular flexibility index (Phi) is 14.2. The van der Waals surface area contributed by atoms with Gasteiger partial charge in [-0.3, -0.25) is 0 Å². The third kappa shape index (κ3) is 9.27. The standard InChI is InChI=1S/C43H66O6/c1-9-33(12-11-30(5)29(3)4)37-15-16-38-36-14-13-34-27-35(17-22-42(34,7)39(36)18-23-43(37,38)8)47-24-19-32(20-25-48-40(45)10-2)21-26-49-41(46)31(6)28-44/h9-13,29-30,32-33,35-39,44H,1-2,6,14-28H2,3-5,7-8H3/b12-11+/t30-,32?,33+,35-,36?,37+,38?,39?,42-,43+/m0/s1. The topological polar surface area (TPSA) is 82.1 Å². The van der Waals surface area contributed by atoms with Crippen LogP contribution in [0.5, 0.6) is 0 Å². The fourth-order valence-electron chi connectivity index (χ4n) is 10.0. The van der Waals surface area contributed by atoms with E-state index >= 15 is 0 Å². The van der Waals surface area contributed by atoms with Gasteiger partial charge in [-0.1, -0.05) is 77.7 Å². The van der Waals surface area contributed by atoms with E-state index in [9.17, 15) is 9.59 Å². The van der Waals surface area contributed by atoms with Crippen molar-refractivity contribution in [3.8, 4) is 0 Å². The normalized spacial score (nSPS) is 32.6. The number of aliphatic hydroxyl groups is 1. The summed E-state index contributed by atoms with van der Waals surface area (Å²) in [5.74, 6) is 3.89. The maximum Gasteiger partial charge on any atom is 0.335 e. The van der Waals surface area contributed by atoms with E-state index in [-0.39, 0.29) is 36.2 Å². The molecular weight excluding hydrogens is 612 g/mol. The van der Waals surface area contributed by atoms with Crippen LogP contribution in [0.2, 0.25) is 0 Å². The monoisotopic (exact) mass is 678 g/mol. The average molecular weight is 679 g/mol. The van der Waals surface area contributed by atoms with Gasteiger partial charge in [0.1, 0.15) is 0 Å². The van der Waals surface area contributed by atoms with E-state index in [0.717, 1.165) is 37.0 Å². The fourth-order valence-corrected chi connectivity index (χ4v) is 10.0. The molecule has 10 atom stereocenters. The predicted molar refractivity (Wildman–Crippen MR) is 197 cm³/mol. The van der Waals surface area contributed by atoms with E-state index in [1.807, 2.05) is 0 Å². The Morgan fingerprint density at radius 2 is 1.67 bits per heavy atom. The lowest BCUT2D eigenvalue weighted by atomic mass is 9.47. The van der Waals surface area contributed by atoms with Gasteiger partial charge in [0.15, 0.2) is 0 Å². The number of carbonyl (C=O) groups is 2. The van der Waals surface area contributed by atoms with Crippen LogP contribution in [0.15, 0.2) is 61.3 Å². The number of fused-ring (bicyclic) bond motifs is 5. The second kappa shape index (κ2) is 17.7. The summed E-state index contributed by atoms with van der Waals surface area (Å²) < 4.78 is 17.0. The Hall–Kier alpha value is -2.44. The van der Waals surface area contributed by atoms with Crippen molar-refractivity contribution < 1.29 is 28.9 Å². The van der Waals surface area contributed by atoms with Gasteiger partial charge in [-0.2, -0.15) is 0 Å². The summed E-state index contributed by atoms with van der Waals surface area (Å²) in [5, 5.41) is 9.13. The van der Waals surface area contributed by atoms with Crippen LogP contribution < -0.4 is 0 Å². The molecule has 0 aromatic heterocycles. The molecule has 3 fully saturated rings. The Morgan fingerprint density at radius 3 is 2.35 bits per heavy atom. The summed E-state index contributed by atoms with van der Waals surface area (Å²) in [6.07, 6.45) is 23.1. The molecule has 49 heavy (non-hydrogen) atoms. The summed E-state index contributed by atoms with van der Waals surface area (Å²) in [5.41, 5.74) is 2.33. The number of rotatable bonds is 18. The van der Waals surface area contributed by atoms with Crippen molar-refractivity contribution in [1.82, 2.24) is 0 Å². The second-order valence-corrected chi connectivity index (χ2v) is 16.5. The number of allylic oxidation sites excluding steroid dienone is 4. The van der Waals surface area contributed by atoms with Crippen LogP contribution >= 0.6 is 0 Å². The van der Waals surface area contributed by atoms with Crippen molar-refractivity contribution >= 4 is 11.9 Å². The number of esters is 2. The van der Waals surface area contributed by atoms with E-state index in [0.29, 0.717) is 48.5 Å². The van der Waals surface area contributed by atoms with Crippen LogP contribution in [-0.4, -0.2) is 49.6 Å². The zero-order valence-corrected chi connectivity index (χ0v) is 31.3. The zero-order chi connectivity index (χ0) is 35.8. The smallest absolute Gasteiger partial charge is 0.335 e. The molecule has 0 bridgehead atoms. The first-order valence-corrected chi connectivity index (χ1v) is 19.2. The summed E-state index contributed by atoms with van der Waals surface area (Å²) in [6.45, 7) is 24.2. The van der Waals surface area contributed by atoms with Gasteiger partial charge in [0.05, 0.1) is 31.5 Å². The van der Waals surface area contributed by atoms with Crippen molar-refractivity contribution in [3.05, 3.63) is 61.3 Å². The van der Waals surface area contributed by atoms with Gasteiger partial charge in [0, 0.05) is 12.7 Å². The lowest BCUT2D eigenvalue weighted by molar-refractivity contribution is -0.139. The third-order valence-electron chi connectivity index (χ3n) is 13.6. The molecule has 0 aromatic rings. The predicted octanol–water partition coefficient (Wildman–Crippen LogP) is 9.21. The van der Waals surface area contributed by atoms with E-state index in [1.54, 1.807) is 5.57 Å². The molecule has 4 rings (SSSR count). The minimum absolute atomic E-state index is 0.0445. The van der Waals surface area contributed by atoms with Crippen LogP contribution in [0.4, 0.5) is 0 Å². The molecule has 0 saturated heterocycles. The molecule has 6 heteroatoms. The number of aliphatic hydroxyl groups excluding tert-OH is 1. The number of hydrogen-bond donors (Lipinski definition) is 1. The molecule has 6 nitrogen and oxygen atoms in total. The fraction of sp³-hybridized carbons (Fsp3) is 0.721. The highest BCUT2D eigenvalue weighted by Crippen LogP contribution is 2.67. The van der Waals surface area contributed by atoms with Crippen molar-refractivity contribution in [2.75, 3.05) is 26.4 Å². The molecule has 4 unspecified atom stereocenters. The van der Waals surface area contributed by atoms with Gasteiger partial charge in [-0.05, 0) is 129 Å². The van der Waals surface area contributed by atoms with Crippen LogP contribution in [-0.2, 0) is 23.8 Å². The summed E-state index contributed by atoms with van der Waals surface area (Å²) in [7, 11) is 0. The van der Waals surface area contributed by atoms with Crippen LogP contribution in [0, 0.1) is 58.2 Å². The van der Waals surface area contributed by atoms with Crippen LogP contribution in [0.25, 0.3) is 0 Å². The Bertz CT molecular complexity index is 1230. The molecule has 0 aromatic carbocycles. The molecular formula is C43H66O6. The summed E-state index contributed by atoms with van der Waals surface area (Å²) >= 11 is 0. The maximum absolute atomic E-state index is 11.9. The SMILES string of the molecule is C=CC(=O)OCCC(CCOC(=O)C(=C)CO)CCO[C@H]1CC[C@@]2(C)C(=CCC3C2CC[C@@]2(C)C3CC[C@@H]2[C@H](C=C)/C=C/[C@H](C)C(C)C)C1. The van der Waals surface area contributed by atoms with E-state index in [4.69, 9.17) is 19.3 Å². The zero-order valence-electron chi connectivity index (χ0n) is 31.3. The van der Waals surface area contributed by atoms with Crippen molar-refractivity contribution in [2.45, 2.75) is 111 Å². The van der Waals surface area contributed by atoms with Crippen LogP contribution in [0.3, 0.4) is 0 Å². The Morgan fingerprint density at radius 1 is 0.959 bits per heavy atom. The van der Waals surface area contributed by atoms with E-state index < -0.39 is 18.5 Å². The summed E-state index contributed by atoms with van der Waals surface area (Å²) in [6, 6.07) is 0. The largest absolute Gasteiger partial charge is 0.463 e. The minimum atomic E-state index is -0.580. The van der Waals surface area contributed by atoms with Gasteiger partial charge in [0.25, 0.3) is 0 Å². The van der Waals surface area contributed by atoms with Crippen molar-refractivity contribution in [1.29, 1.82) is 0 Å². The van der Waals surface area contributed by atoms with Gasteiger partial charge in [-0.25, -0.2) is 9.59 Å². The number of carbonyl (C=O) groups excluding carboxylic acids is 2. The number of ether oxygens (including phenoxy) is 3. The average Bonchev–Trinajstić information content (AvgIpc) is 3.44. The minimum Gasteiger partial charge on any atom is -0.463 e. The highest BCUT2D eigenvalue weighted by Gasteiger charge is 2.59. The van der Waals surface area contributed by atoms with E-state index in [2.05, 4.69) is 78.7 Å². The van der Waals surface area contributed by atoms with Crippen molar-refractivity contribution in [2.24, 2.45) is 58.2 Å². The molecule has 1 N–H and O–H groups in total. The first kappa shape index (κ1) is 39.3. The molecule has 0 radical (unpaired) electrons. The molecule has 4 aliphatic rings. The first-order valence-electron chi connectivity index (χ1n) is 19.2. The molecule has 274 valence electrons. The highest BCUT2D eigenvalue weighted by atomic mass is 16.5. The molecule has 4 aliphatic carbocycles. The lowest BCUT2D eigenvalue weighted by Crippen LogP contribution is -2.51. The quantitative estimate of drug-likeness (QED) is 0.0885. The lowest BCUT2D eigenvalue weighted by Gasteiger charge is -2.58. The third-order valence-corrected chi connectivity index (χ3v) is 13.6. The second-order valence-electron chi connectivity index (χ2n) is 16.5. The molecule has 0 spiro atoms. The van der Waals surface area contributed by atoms with Crippen molar-refractivity contribution in [3.63, 3.8) is 0 Å². The molecule has 3 saturated carbocycles. The summed E-state index contributed by atoms with van der Waals surface area (Å²) in [4.78, 5) is 23.5. The molecule has 0 heterocycles. The van der Waals surface area contributed by atoms with Gasteiger partial charge in [-0.15, -0.1) is 6.58 Å². The maximum atomic E-state index is 11.9. The van der Waals surface area contributed by atoms with Crippen LogP contribution in [0.1, 0.15) is 105 Å². The first-order chi connectivity index (χ1) is 23.4. The Labute approximate surface area is 297 Å². The van der Waals surface area contributed by atoms with Gasteiger partial charge < -0.3 is 19.3 Å². The number of hydrogen-bond acceptors (Lipinski definition) is 6. The molecule has 0 aliphatic heterocycles.